The number of carbonyl (C=O) groups excluding carboxylic acids is 2. The minimum atomic E-state index is -0.524. The van der Waals surface area contributed by atoms with Crippen molar-refractivity contribution in [1.82, 2.24) is 5.32 Å². The molecule has 0 radical (unpaired) electrons. The number of ether oxygens (including phenoxy) is 1. The lowest BCUT2D eigenvalue weighted by atomic mass is 10.1. The lowest BCUT2D eigenvalue weighted by Gasteiger charge is -2.26. The molecule has 0 spiro atoms. The fourth-order valence-corrected chi connectivity index (χ4v) is 3.00. The van der Waals surface area contributed by atoms with Crippen LogP contribution in [0.4, 0.5) is 5.69 Å². The maximum atomic E-state index is 12.6. The third kappa shape index (κ3) is 2.65. The molecular weight excluding hydrogens is 268 g/mol. The van der Waals surface area contributed by atoms with Crippen molar-refractivity contribution in [3.05, 3.63) is 29.8 Å². The molecule has 2 aliphatic rings. The lowest BCUT2D eigenvalue weighted by Crippen LogP contribution is -2.46. The van der Waals surface area contributed by atoms with Crippen LogP contribution in [-0.2, 0) is 9.53 Å². The smallest absolute Gasteiger partial charge is 0.254 e. The molecule has 0 aliphatic carbocycles. The third-order valence-corrected chi connectivity index (χ3v) is 4.13. The number of hydrogen-bond acceptors (Lipinski definition) is 3. The highest BCUT2D eigenvalue weighted by Crippen LogP contribution is 2.27. The highest BCUT2D eigenvalue weighted by atomic mass is 16.5. The summed E-state index contributed by atoms with van der Waals surface area (Å²) >= 11 is 0. The van der Waals surface area contributed by atoms with Crippen molar-refractivity contribution in [2.75, 3.05) is 11.4 Å². The van der Waals surface area contributed by atoms with E-state index in [0.717, 1.165) is 12.8 Å². The minimum Gasteiger partial charge on any atom is -0.373 e. The summed E-state index contributed by atoms with van der Waals surface area (Å²) in [6.45, 7) is 4.27. The van der Waals surface area contributed by atoms with Gasteiger partial charge in [0.1, 0.15) is 6.04 Å². The van der Waals surface area contributed by atoms with Crippen molar-refractivity contribution in [3.63, 3.8) is 0 Å². The number of benzene rings is 1. The van der Waals surface area contributed by atoms with E-state index in [1.54, 1.807) is 17.9 Å². The molecule has 0 aromatic heterocycles. The first-order chi connectivity index (χ1) is 10.1. The van der Waals surface area contributed by atoms with Crippen molar-refractivity contribution in [2.24, 2.45) is 0 Å². The zero-order valence-corrected chi connectivity index (χ0v) is 12.3. The lowest BCUT2D eigenvalue weighted by molar-refractivity contribution is -0.120. The number of carbonyl (C=O) groups is 2. The van der Waals surface area contributed by atoms with Crippen molar-refractivity contribution >= 4 is 17.5 Å². The average Bonchev–Trinajstić information content (AvgIpc) is 2.85. The summed E-state index contributed by atoms with van der Waals surface area (Å²) in [4.78, 5) is 26.4. The van der Waals surface area contributed by atoms with Crippen LogP contribution in [-0.4, -0.2) is 36.6 Å². The number of amides is 2. The molecule has 0 bridgehead atoms. The average molecular weight is 288 g/mol. The Hall–Kier alpha value is -1.88. The van der Waals surface area contributed by atoms with Gasteiger partial charge in [-0.05, 0) is 38.8 Å². The molecule has 5 nitrogen and oxygen atoms in total. The van der Waals surface area contributed by atoms with Crippen molar-refractivity contribution in [2.45, 2.75) is 44.9 Å². The molecular formula is C16H20N2O3. The number of para-hydroxylation sites is 1. The number of nitrogens with zero attached hydrogens (tertiary/aromatic N) is 1. The van der Waals surface area contributed by atoms with Gasteiger partial charge in [0.2, 0.25) is 5.91 Å². The second-order valence-electron chi connectivity index (χ2n) is 5.81. The highest BCUT2D eigenvalue weighted by molar-refractivity contribution is 6.10. The summed E-state index contributed by atoms with van der Waals surface area (Å²) in [5.41, 5.74) is 1.22. The maximum Gasteiger partial charge on any atom is 0.254 e. The number of anilines is 1. The molecule has 3 unspecified atom stereocenters. The molecule has 2 heterocycles. The van der Waals surface area contributed by atoms with E-state index in [0.29, 0.717) is 17.8 Å². The zero-order chi connectivity index (χ0) is 15.0. The quantitative estimate of drug-likeness (QED) is 0.901. The Labute approximate surface area is 124 Å². The van der Waals surface area contributed by atoms with Gasteiger partial charge in [0, 0.05) is 0 Å². The van der Waals surface area contributed by atoms with Gasteiger partial charge in [0.05, 0.1) is 30.0 Å². The van der Waals surface area contributed by atoms with E-state index >= 15 is 0 Å². The van der Waals surface area contributed by atoms with Crippen LogP contribution < -0.4 is 10.2 Å². The maximum absolute atomic E-state index is 12.6. The van der Waals surface area contributed by atoms with Gasteiger partial charge in [-0.3, -0.25) is 9.59 Å². The van der Waals surface area contributed by atoms with Gasteiger partial charge in [-0.2, -0.15) is 0 Å². The molecule has 1 aromatic carbocycles. The molecule has 1 N–H and O–H groups in total. The standard InChI is InChI=1S/C16H20N2O3/c1-10-7-8-12(21-10)9-18-14-6-4-3-5-13(14)15(19)17-11(2)16(18)20/h3-6,10-12H,7-9H2,1-2H3,(H,17,19). The van der Waals surface area contributed by atoms with Gasteiger partial charge >= 0.3 is 0 Å². The molecule has 2 amide bonds. The van der Waals surface area contributed by atoms with Gasteiger partial charge in [-0.25, -0.2) is 0 Å². The molecule has 112 valence electrons. The van der Waals surface area contributed by atoms with E-state index in [9.17, 15) is 9.59 Å². The normalized spacial score (nSPS) is 29.0. The summed E-state index contributed by atoms with van der Waals surface area (Å²) in [5, 5.41) is 2.74. The van der Waals surface area contributed by atoms with Gasteiger partial charge in [0.15, 0.2) is 0 Å². The summed E-state index contributed by atoms with van der Waals surface area (Å²) in [7, 11) is 0. The minimum absolute atomic E-state index is 0.0393. The number of fused-ring (bicyclic) bond motifs is 1. The molecule has 0 saturated carbocycles. The van der Waals surface area contributed by atoms with Crippen LogP contribution in [0.25, 0.3) is 0 Å². The molecule has 3 rings (SSSR count). The van der Waals surface area contributed by atoms with Crippen molar-refractivity contribution < 1.29 is 14.3 Å². The predicted octanol–water partition coefficient (Wildman–Crippen LogP) is 1.72. The number of hydrogen-bond donors (Lipinski definition) is 1. The van der Waals surface area contributed by atoms with E-state index in [1.165, 1.54) is 0 Å². The van der Waals surface area contributed by atoms with Crippen LogP contribution in [0.2, 0.25) is 0 Å². The highest BCUT2D eigenvalue weighted by Gasteiger charge is 2.34. The van der Waals surface area contributed by atoms with E-state index < -0.39 is 6.04 Å². The summed E-state index contributed by atoms with van der Waals surface area (Å²) < 4.78 is 5.83. The first kappa shape index (κ1) is 14.1. The predicted molar refractivity (Wildman–Crippen MR) is 79.3 cm³/mol. The molecule has 5 heteroatoms. The second kappa shape index (κ2) is 5.48. The van der Waals surface area contributed by atoms with Crippen LogP contribution in [0, 0.1) is 0 Å². The topological polar surface area (TPSA) is 58.6 Å². The monoisotopic (exact) mass is 288 g/mol. The van der Waals surface area contributed by atoms with Crippen LogP contribution in [0.5, 0.6) is 0 Å². The Balaban J connectivity index is 1.93. The van der Waals surface area contributed by atoms with Gasteiger partial charge < -0.3 is 15.0 Å². The van der Waals surface area contributed by atoms with Crippen molar-refractivity contribution in [3.8, 4) is 0 Å². The van der Waals surface area contributed by atoms with E-state index in [-0.39, 0.29) is 24.0 Å². The SMILES string of the molecule is CC1CCC(CN2C(=O)C(C)NC(=O)c3ccccc32)O1. The van der Waals surface area contributed by atoms with E-state index in [4.69, 9.17) is 4.74 Å². The Morgan fingerprint density at radius 2 is 2.00 bits per heavy atom. The van der Waals surface area contributed by atoms with Crippen molar-refractivity contribution in [1.29, 1.82) is 0 Å². The molecule has 1 saturated heterocycles. The van der Waals surface area contributed by atoms with Gasteiger partial charge in [0.25, 0.3) is 5.91 Å². The van der Waals surface area contributed by atoms with Crippen LogP contribution >= 0.6 is 0 Å². The van der Waals surface area contributed by atoms with E-state index in [1.807, 2.05) is 25.1 Å². The Morgan fingerprint density at radius 1 is 1.24 bits per heavy atom. The second-order valence-corrected chi connectivity index (χ2v) is 5.81. The molecule has 1 aromatic rings. The largest absolute Gasteiger partial charge is 0.373 e. The first-order valence-corrected chi connectivity index (χ1v) is 7.43. The van der Waals surface area contributed by atoms with Crippen LogP contribution in [0.1, 0.15) is 37.0 Å². The van der Waals surface area contributed by atoms with Gasteiger partial charge in [-0.15, -0.1) is 0 Å². The zero-order valence-electron chi connectivity index (χ0n) is 12.3. The summed E-state index contributed by atoms with van der Waals surface area (Å²) in [5.74, 6) is -0.286. The molecule has 21 heavy (non-hydrogen) atoms. The first-order valence-electron chi connectivity index (χ1n) is 7.43. The number of rotatable bonds is 2. The fraction of sp³-hybridized carbons (Fsp3) is 0.500. The molecule has 1 fully saturated rings. The molecule has 3 atom stereocenters. The summed E-state index contributed by atoms with van der Waals surface area (Å²) in [6.07, 6.45) is 2.24. The van der Waals surface area contributed by atoms with E-state index in [2.05, 4.69) is 5.32 Å². The molecule has 2 aliphatic heterocycles. The van der Waals surface area contributed by atoms with Gasteiger partial charge in [-0.1, -0.05) is 12.1 Å². The fourth-order valence-electron chi connectivity index (χ4n) is 3.00. The Morgan fingerprint density at radius 3 is 2.71 bits per heavy atom. The third-order valence-electron chi connectivity index (χ3n) is 4.13. The van der Waals surface area contributed by atoms with Crippen LogP contribution in [0.15, 0.2) is 24.3 Å². The van der Waals surface area contributed by atoms with Crippen LogP contribution in [0.3, 0.4) is 0 Å². The number of nitrogens with one attached hydrogen (secondary N) is 1. The summed E-state index contributed by atoms with van der Waals surface area (Å²) in [6, 6.07) is 6.71. The Bertz CT molecular complexity index is 572. The Kier molecular flexibility index (Phi) is 3.68.